The number of benzene rings is 2. The number of hydrogen-bond acceptors (Lipinski definition) is 7. The molecule has 0 aliphatic heterocycles. The van der Waals surface area contributed by atoms with E-state index in [2.05, 4.69) is 5.32 Å². The van der Waals surface area contributed by atoms with Crippen molar-refractivity contribution >= 4 is 44.8 Å². The Morgan fingerprint density at radius 1 is 1.07 bits per heavy atom. The quantitative estimate of drug-likeness (QED) is 0.419. The second-order valence-corrected chi connectivity index (χ2v) is 7.85. The van der Waals surface area contributed by atoms with Crippen molar-refractivity contribution in [2.24, 2.45) is 0 Å². The Morgan fingerprint density at radius 2 is 1.66 bits per heavy atom. The minimum atomic E-state index is -3.52. The van der Waals surface area contributed by atoms with Gasteiger partial charge in [-0.05, 0) is 48.7 Å². The molecule has 0 spiro atoms. The van der Waals surface area contributed by atoms with Crippen LogP contribution in [0.5, 0.6) is 5.75 Å². The maximum absolute atomic E-state index is 11.1. The van der Waals surface area contributed by atoms with Crippen molar-refractivity contribution < 1.29 is 27.2 Å². The summed E-state index contributed by atoms with van der Waals surface area (Å²) >= 11 is 0. The molecule has 7 nitrogen and oxygen atoms in total. The molecule has 1 N–H and O–H groups in total. The Hall–Kier alpha value is -1.81. The van der Waals surface area contributed by atoms with Gasteiger partial charge in [0.2, 0.25) is 0 Å². The molecular weight excluding hydrogens is 407 g/mol. The first kappa shape index (κ1) is 25.2. The zero-order chi connectivity index (χ0) is 20.6. The number of rotatable bonds is 11. The van der Waals surface area contributed by atoms with Crippen LogP contribution in [0.2, 0.25) is 0 Å². The van der Waals surface area contributed by atoms with E-state index in [-0.39, 0.29) is 35.2 Å². The molecule has 2 aromatic rings. The number of ether oxygens (including phenoxy) is 1. The topological polar surface area (TPSA) is 105 Å². The summed E-state index contributed by atoms with van der Waals surface area (Å²) in [5.41, 5.74) is 2.82. The monoisotopic (exact) mass is 430 g/mol. The Morgan fingerprint density at radius 3 is 2.17 bits per heavy atom. The average molecular weight is 431 g/mol. The Bertz CT molecular complexity index is 869. The normalized spacial score (nSPS) is 11.9. The maximum Gasteiger partial charge on any atom is 2.00 e. The van der Waals surface area contributed by atoms with Crippen molar-refractivity contribution in [3.8, 4) is 5.75 Å². The summed E-state index contributed by atoms with van der Waals surface area (Å²) in [6.45, 7) is 2.75. The SMILES string of the molecule is CCOC(Cc1ccc(NCCc2ccc(OS(C)(=O)=O)cc2)cc1)C(=O)[O-].[Mg+2]. The van der Waals surface area contributed by atoms with Gasteiger partial charge in [-0.3, -0.25) is 0 Å². The molecule has 0 radical (unpaired) electrons. The van der Waals surface area contributed by atoms with Gasteiger partial charge in [-0.2, -0.15) is 8.42 Å². The standard InChI is InChI=1S/C20H25NO6S.Mg/c1-3-26-19(20(22)23)14-16-4-8-17(9-5-16)21-13-12-15-6-10-18(11-7-15)27-28(2,24)25;/h4-11,19,21H,3,12-14H2,1-2H3,(H,22,23);/q;+2/p-1. The van der Waals surface area contributed by atoms with Crippen molar-refractivity contribution in [3.63, 3.8) is 0 Å². The third-order valence-electron chi connectivity index (χ3n) is 3.92. The Labute approximate surface area is 187 Å². The Kier molecular flexibility index (Phi) is 10.4. The fraction of sp³-hybridized carbons (Fsp3) is 0.350. The van der Waals surface area contributed by atoms with Crippen LogP contribution in [0.4, 0.5) is 5.69 Å². The van der Waals surface area contributed by atoms with Crippen molar-refractivity contribution in [2.75, 3.05) is 24.7 Å². The molecule has 0 aliphatic rings. The van der Waals surface area contributed by atoms with E-state index in [9.17, 15) is 18.3 Å². The van der Waals surface area contributed by atoms with E-state index < -0.39 is 22.2 Å². The number of hydrogen-bond donors (Lipinski definition) is 1. The van der Waals surface area contributed by atoms with Crippen LogP contribution < -0.4 is 14.6 Å². The molecule has 0 bridgehead atoms. The van der Waals surface area contributed by atoms with Crippen LogP contribution >= 0.6 is 0 Å². The van der Waals surface area contributed by atoms with Gasteiger partial charge in [0, 0.05) is 25.3 Å². The second kappa shape index (κ2) is 12.0. The molecule has 0 amide bonds. The largest absolute Gasteiger partial charge is 2.00 e. The summed E-state index contributed by atoms with van der Waals surface area (Å²) in [7, 11) is -3.52. The fourth-order valence-corrected chi connectivity index (χ4v) is 3.08. The summed E-state index contributed by atoms with van der Waals surface area (Å²) < 4.78 is 32.2. The van der Waals surface area contributed by atoms with Crippen LogP contribution in [0.1, 0.15) is 18.1 Å². The summed E-state index contributed by atoms with van der Waals surface area (Å²) in [4.78, 5) is 11.0. The van der Waals surface area contributed by atoms with Gasteiger partial charge in [0.05, 0.1) is 12.2 Å². The second-order valence-electron chi connectivity index (χ2n) is 6.27. The molecule has 0 aliphatic carbocycles. The molecule has 2 rings (SSSR count). The molecule has 0 fully saturated rings. The number of nitrogens with one attached hydrogen (secondary N) is 1. The number of carboxylic acid groups (broad SMARTS) is 1. The summed E-state index contributed by atoms with van der Waals surface area (Å²) in [6.07, 6.45) is 1.07. The molecule has 1 unspecified atom stereocenters. The van der Waals surface area contributed by atoms with E-state index in [1.165, 1.54) is 0 Å². The number of anilines is 1. The zero-order valence-corrected chi connectivity index (χ0v) is 18.8. The molecule has 29 heavy (non-hydrogen) atoms. The van der Waals surface area contributed by atoms with Gasteiger partial charge < -0.3 is 24.1 Å². The van der Waals surface area contributed by atoms with Crippen molar-refractivity contribution in [1.82, 2.24) is 0 Å². The molecule has 9 heteroatoms. The van der Waals surface area contributed by atoms with Crippen LogP contribution in [-0.4, -0.2) is 63.0 Å². The fourth-order valence-electron chi connectivity index (χ4n) is 2.62. The van der Waals surface area contributed by atoms with E-state index in [0.717, 1.165) is 29.5 Å². The Balaban J connectivity index is 0.00000420. The molecule has 0 saturated carbocycles. The molecule has 0 aromatic heterocycles. The summed E-state index contributed by atoms with van der Waals surface area (Å²) in [6, 6.07) is 14.4. The minimum Gasteiger partial charge on any atom is -0.547 e. The molecule has 0 heterocycles. The average Bonchev–Trinajstić information content (AvgIpc) is 2.63. The van der Waals surface area contributed by atoms with Gasteiger partial charge >= 0.3 is 33.2 Å². The number of aliphatic carboxylic acids is 1. The number of carbonyl (C=O) groups excluding carboxylic acids is 1. The van der Waals surface area contributed by atoms with E-state index in [0.29, 0.717) is 13.2 Å². The maximum atomic E-state index is 11.1. The molecule has 0 saturated heterocycles. The van der Waals surface area contributed by atoms with Gasteiger partial charge in [-0.25, -0.2) is 0 Å². The zero-order valence-electron chi connectivity index (χ0n) is 16.6. The van der Waals surface area contributed by atoms with Crippen molar-refractivity contribution in [1.29, 1.82) is 0 Å². The van der Waals surface area contributed by atoms with Crippen LogP contribution in [0.15, 0.2) is 48.5 Å². The molecule has 152 valence electrons. The van der Waals surface area contributed by atoms with Gasteiger partial charge in [-0.15, -0.1) is 0 Å². The van der Waals surface area contributed by atoms with E-state index in [1.54, 1.807) is 19.1 Å². The third-order valence-corrected chi connectivity index (χ3v) is 4.41. The van der Waals surface area contributed by atoms with E-state index in [1.807, 2.05) is 36.4 Å². The smallest absolute Gasteiger partial charge is 0.547 e. The van der Waals surface area contributed by atoms with Crippen LogP contribution in [0, 0.1) is 0 Å². The molecule has 1 atom stereocenters. The predicted octanol–water partition coefficient (Wildman–Crippen LogP) is 0.996. The first-order valence-electron chi connectivity index (χ1n) is 8.90. The van der Waals surface area contributed by atoms with Crippen molar-refractivity contribution in [3.05, 3.63) is 59.7 Å². The van der Waals surface area contributed by atoms with Crippen LogP contribution in [-0.2, 0) is 32.5 Å². The van der Waals surface area contributed by atoms with Crippen molar-refractivity contribution in [2.45, 2.75) is 25.9 Å². The van der Waals surface area contributed by atoms with Crippen LogP contribution in [0.3, 0.4) is 0 Å². The minimum absolute atomic E-state index is 0. The summed E-state index contributed by atoms with van der Waals surface area (Å²) in [5, 5.41) is 14.3. The van der Waals surface area contributed by atoms with E-state index >= 15 is 0 Å². The van der Waals surface area contributed by atoms with Gasteiger partial charge in [-0.1, -0.05) is 24.3 Å². The first-order chi connectivity index (χ1) is 13.3. The number of carboxylic acids is 1. The van der Waals surface area contributed by atoms with E-state index in [4.69, 9.17) is 8.92 Å². The molecular formula is C20H24MgNO6S+. The first-order valence-corrected chi connectivity index (χ1v) is 10.7. The number of carbonyl (C=O) groups is 1. The summed E-state index contributed by atoms with van der Waals surface area (Å²) in [5.74, 6) is -0.922. The van der Waals surface area contributed by atoms with Crippen LogP contribution in [0.25, 0.3) is 0 Å². The van der Waals surface area contributed by atoms with Gasteiger partial charge in [0.15, 0.2) is 0 Å². The third kappa shape index (κ3) is 9.49. The van der Waals surface area contributed by atoms with Gasteiger partial charge in [0.25, 0.3) is 0 Å². The van der Waals surface area contributed by atoms with Gasteiger partial charge in [0.1, 0.15) is 11.9 Å². The molecule has 2 aromatic carbocycles. The predicted molar refractivity (Wildman–Crippen MR) is 110 cm³/mol.